The third-order valence-electron chi connectivity index (χ3n) is 6.48. The summed E-state index contributed by atoms with van der Waals surface area (Å²) in [6.45, 7) is 0.557. The van der Waals surface area contributed by atoms with Crippen molar-refractivity contribution in [1.29, 1.82) is 0 Å². The molecule has 5 heterocycles. The van der Waals surface area contributed by atoms with Gasteiger partial charge in [0.25, 0.3) is 5.91 Å². The molecule has 2 bridgehead atoms. The number of hydrogen-bond acceptors (Lipinski definition) is 5. The molecule has 3 fully saturated rings. The largest absolute Gasteiger partial charge is 0.417 e. The molecule has 3 aromatic heterocycles. The van der Waals surface area contributed by atoms with Gasteiger partial charge in [-0.1, -0.05) is 0 Å². The molecule has 6 nitrogen and oxygen atoms in total. The zero-order valence-electron chi connectivity index (χ0n) is 18.0. The van der Waals surface area contributed by atoms with Gasteiger partial charge in [0.1, 0.15) is 17.2 Å². The second-order valence-corrected chi connectivity index (χ2v) is 8.62. The van der Waals surface area contributed by atoms with Gasteiger partial charge < -0.3 is 10.2 Å². The van der Waals surface area contributed by atoms with E-state index in [0.29, 0.717) is 12.4 Å². The van der Waals surface area contributed by atoms with Gasteiger partial charge in [0.15, 0.2) is 5.82 Å². The van der Waals surface area contributed by atoms with Crippen LogP contribution in [0.15, 0.2) is 55.0 Å². The number of alkyl halides is 3. The summed E-state index contributed by atoms with van der Waals surface area (Å²) >= 11 is 0. The second kappa shape index (κ2) is 8.66. The summed E-state index contributed by atoms with van der Waals surface area (Å²) < 4.78 is 52.9. The molecule has 2 saturated heterocycles. The van der Waals surface area contributed by atoms with E-state index in [2.05, 4.69) is 20.3 Å². The van der Waals surface area contributed by atoms with Crippen LogP contribution in [0.1, 0.15) is 35.2 Å². The fourth-order valence-corrected chi connectivity index (χ4v) is 4.90. The number of halogens is 4. The summed E-state index contributed by atoms with van der Waals surface area (Å²) in [6.07, 6.45) is 1.78. The van der Waals surface area contributed by atoms with Gasteiger partial charge in [-0.05, 0) is 61.6 Å². The predicted octanol–water partition coefficient (Wildman–Crippen LogP) is 4.80. The first kappa shape index (κ1) is 22.2. The molecule has 0 radical (unpaired) electrons. The Kier molecular flexibility index (Phi) is 5.66. The maximum absolute atomic E-state index is 14.4. The number of nitrogens with zero attached hydrogens (tertiary/aromatic N) is 4. The van der Waals surface area contributed by atoms with Gasteiger partial charge in [0, 0.05) is 31.2 Å². The van der Waals surface area contributed by atoms with Gasteiger partial charge >= 0.3 is 6.18 Å². The molecular weight excluding hydrogens is 450 g/mol. The standard InChI is InChI=1S/C24H21F4N5O/c25-17-4-2-10-30-22(17)21-16(3-1-9-29-21)23(34)33-13-14-5-7-19(33)18(11-14)32-20-8-6-15(12-31-20)24(26,27)28/h1-4,6,8-10,12,14,18-19H,5,7,11,13H2,(H,31,32)/t14-,18+,19-/m0/s1. The fourth-order valence-electron chi connectivity index (χ4n) is 4.90. The smallest absolute Gasteiger partial charge is 0.365 e. The van der Waals surface area contributed by atoms with Crippen LogP contribution in [0.5, 0.6) is 0 Å². The molecule has 3 aromatic rings. The maximum Gasteiger partial charge on any atom is 0.417 e. The van der Waals surface area contributed by atoms with Crippen LogP contribution in [0.25, 0.3) is 11.4 Å². The lowest BCUT2D eigenvalue weighted by molar-refractivity contribution is -0.137. The third kappa shape index (κ3) is 4.20. The van der Waals surface area contributed by atoms with Crippen LogP contribution in [-0.4, -0.2) is 44.4 Å². The van der Waals surface area contributed by atoms with Gasteiger partial charge in [-0.2, -0.15) is 13.2 Å². The Morgan fingerprint density at radius 1 is 1.00 bits per heavy atom. The zero-order valence-corrected chi connectivity index (χ0v) is 18.0. The van der Waals surface area contributed by atoms with Crippen LogP contribution < -0.4 is 5.32 Å². The Morgan fingerprint density at radius 2 is 1.76 bits per heavy atom. The molecule has 10 heteroatoms. The Labute approximate surface area is 193 Å². The summed E-state index contributed by atoms with van der Waals surface area (Å²) in [4.78, 5) is 27.6. The molecular formula is C24H21F4N5O. The monoisotopic (exact) mass is 471 g/mol. The van der Waals surface area contributed by atoms with Gasteiger partial charge in [0.2, 0.25) is 0 Å². The fraction of sp³-hybridized carbons (Fsp3) is 0.333. The van der Waals surface area contributed by atoms with Crippen LogP contribution in [-0.2, 0) is 6.18 Å². The molecule has 3 atom stereocenters. The minimum absolute atomic E-state index is 0.0113. The summed E-state index contributed by atoms with van der Waals surface area (Å²) in [5.74, 6) is -0.263. The number of carbonyl (C=O) groups excluding carboxylic acids is 1. The molecule has 0 aromatic carbocycles. The van der Waals surface area contributed by atoms with Crippen molar-refractivity contribution in [3.05, 3.63) is 71.9 Å². The Balaban J connectivity index is 1.40. The average molecular weight is 471 g/mol. The minimum atomic E-state index is -4.45. The van der Waals surface area contributed by atoms with Crippen molar-refractivity contribution in [2.75, 3.05) is 11.9 Å². The molecule has 1 amide bonds. The molecule has 1 saturated carbocycles. The normalized spacial score (nSPS) is 22.0. The van der Waals surface area contributed by atoms with Crippen molar-refractivity contribution in [1.82, 2.24) is 19.9 Å². The topological polar surface area (TPSA) is 71.0 Å². The van der Waals surface area contributed by atoms with E-state index in [1.54, 1.807) is 17.0 Å². The molecule has 2 aliphatic heterocycles. The van der Waals surface area contributed by atoms with Crippen molar-refractivity contribution in [2.45, 2.75) is 37.5 Å². The number of amides is 1. The summed E-state index contributed by atoms with van der Waals surface area (Å²) in [5.41, 5.74) is -0.358. The van der Waals surface area contributed by atoms with Gasteiger partial charge in [-0.3, -0.25) is 14.8 Å². The minimum Gasteiger partial charge on any atom is -0.365 e. The molecule has 0 spiro atoms. The lowest BCUT2D eigenvalue weighted by atomic mass is 9.76. The Morgan fingerprint density at radius 3 is 2.44 bits per heavy atom. The van der Waals surface area contributed by atoms with Crippen molar-refractivity contribution in [3.63, 3.8) is 0 Å². The van der Waals surface area contributed by atoms with Crippen molar-refractivity contribution in [2.24, 2.45) is 5.92 Å². The first-order valence-corrected chi connectivity index (χ1v) is 11.0. The number of rotatable bonds is 4. The molecule has 34 heavy (non-hydrogen) atoms. The van der Waals surface area contributed by atoms with Crippen molar-refractivity contribution < 1.29 is 22.4 Å². The van der Waals surface area contributed by atoms with Gasteiger partial charge in [-0.25, -0.2) is 9.37 Å². The van der Waals surface area contributed by atoms with E-state index in [0.717, 1.165) is 31.5 Å². The number of pyridine rings is 3. The van der Waals surface area contributed by atoms with E-state index in [4.69, 9.17) is 0 Å². The first-order valence-electron chi connectivity index (χ1n) is 11.0. The first-order chi connectivity index (χ1) is 16.3. The lowest BCUT2D eigenvalue weighted by Gasteiger charge is -2.50. The number of piperidine rings is 2. The van der Waals surface area contributed by atoms with E-state index >= 15 is 0 Å². The SMILES string of the molecule is O=C(c1cccnc1-c1ncccc1F)N1C[C@H]2CC[C@H]1[C@H](Nc1ccc(C(F)(F)F)cn1)C2. The van der Waals surface area contributed by atoms with Crippen molar-refractivity contribution >= 4 is 11.7 Å². The van der Waals surface area contributed by atoms with Crippen molar-refractivity contribution in [3.8, 4) is 11.4 Å². The lowest BCUT2D eigenvalue weighted by Crippen LogP contribution is -2.59. The predicted molar refractivity (Wildman–Crippen MR) is 116 cm³/mol. The number of hydrogen-bond donors (Lipinski definition) is 1. The van der Waals surface area contributed by atoms with E-state index in [-0.39, 0.29) is 40.9 Å². The molecule has 3 aliphatic rings. The average Bonchev–Trinajstić information content (AvgIpc) is 2.84. The Hall–Kier alpha value is -3.56. The van der Waals surface area contributed by atoms with E-state index in [1.165, 1.54) is 30.6 Å². The summed E-state index contributed by atoms with van der Waals surface area (Å²) in [7, 11) is 0. The summed E-state index contributed by atoms with van der Waals surface area (Å²) in [5, 5.41) is 3.22. The summed E-state index contributed by atoms with van der Waals surface area (Å²) in [6, 6.07) is 7.94. The third-order valence-corrected chi connectivity index (χ3v) is 6.48. The maximum atomic E-state index is 14.4. The number of aromatic nitrogens is 3. The molecule has 6 rings (SSSR count). The molecule has 1 N–H and O–H groups in total. The van der Waals surface area contributed by atoms with Crippen LogP contribution in [0.2, 0.25) is 0 Å². The van der Waals surface area contributed by atoms with Gasteiger partial charge in [-0.15, -0.1) is 0 Å². The molecule has 0 unspecified atom stereocenters. The second-order valence-electron chi connectivity index (χ2n) is 8.62. The highest BCUT2D eigenvalue weighted by Crippen LogP contribution is 2.38. The number of fused-ring (bicyclic) bond motifs is 3. The highest BCUT2D eigenvalue weighted by atomic mass is 19.4. The number of carbonyl (C=O) groups is 1. The number of anilines is 1. The van der Waals surface area contributed by atoms with E-state index < -0.39 is 17.6 Å². The van der Waals surface area contributed by atoms with Gasteiger partial charge in [0.05, 0.1) is 17.2 Å². The highest BCUT2D eigenvalue weighted by Gasteiger charge is 2.44. The van der Waals surface area contributed by atoms with E-state index in [1.807, 2.05) is 0 Å². The van der Waals surface area contributed by atoms with Crippen LogP contribution in [0.4, 0.5) is 23.4 Å². The van der Waals surface area contributed by atoms with Crippen LogP contribution >= 0.6 is 0 Å². The zero-order chi connectivity index (χ0) is 23.9. The van der Waals surface area contributed by atoms with Crippen LogP contribution in [0, 0.1) is 11.7 Å². The molecule has 176 valence electrons. The number of nitrogens with one attached hydrogen (secondary N) is 1. The van der Waals surface area contributed by atoms with Crippen LogP contribution in [0.3, 0.4) is 0 Å². The molecule has 1 aliphatic carbocycles. The van der Waals surface area contributed by atoms with E-state index in [9.17, 15) is 22.4 Å². The quantitative estimate of drug-likeness (QED) is 0.554. The Bertz CT molecular complexity index is 1200. The highest BCUT2D eigenvalue weighted by molar-refractivity contribution is 6.00.